The van der Waals surface area contributed by atoms with Crippen molar-refractivity contribution in [2.45, 2.75) is 39.3 Å². The van der Waals surface area contributed by atoms with Crippen LogP contribution < -0.4 is 15.4 Å². The number of amides is 2. The highest BCUT2D eigenvalue weighted by Gasteiger charge is 2.32. The molecule has 2 N–H and O–H groups in total. The average Bonchev–Trinajstić information content (AvgIpc) is 2.67. The molecule has 9 heteroatoms. The van der Waals surface area contributed by atoms with Crippen LogP contribution >= 0.6 is 0 Å². The summed E-state index contributed by atoms with van der Waals surface area (Å²) in [5.74, 6) is -1.42. The van der Waals surface area contributed by atoms with Crippen LogP contribution in [0.5, 0.6) is 5.75 Å². The molecular weight excluding hydrogens is 371 g/mol. The van der Waals surface area contributed by atoms with E-state index in [1.54, 1.807) is 13.8 Å². The minimum atomic E-state index is -0.975. The molecule has 0 fully saturated rings. The first kappa shape index (κ1) is 21.2. The summed E-state index contributed by atoms with van der Waals surface area (Å²) in [5, 5.41) is 5.12. The average molecular weight is 394 g/mol. The lowest BCUT2D eigenvalue weighted by atomic mass is 10.0. The van der Waals surface area contributed by atoms with Crippen LogP contribution in [-0.4, -0.2) is 43.3 Å². The lowest BCUT2D eigenvalue weighted by Gasteiger charge is -2.28. The summed E-state index contributed by atoms with van der Waals surface area (Å²) in [7, 11) is 0. The first-order valence-electron chi connectivity index (χ1n) is 8.92. The third-order valence-electron chi connectivity index (χ3n) is 3.96. The van der Waals surface area contributed by atoms with Crippen LogP contribution in [0.4, 0.5) is 9.18 Å². The Morgan fingerprint density at radius 2 is 1.86 bits per heavy atom. The second-order valence-electron chi connectivity index (χ2n) is 5.99. The highest BCUT2D eigenvalue weighted by Crippen LogP contribution is 2.18. The summed E-state index contributed by atoms with van der Waals surface area (Å²) in [6.45, 7) is 4.79. The predicted molar refractivity (Wildman–Crippen MR) is 96.9 cm³/mol. The van der Waals surface area contributed by atoms with Crippen molar-refractivity contribution in [3.63, 3.8) is 0 Å². The van der Waals surface area contributed by atoms with Crippen LogP contribution in [0.25, 0.3) is 0 Å². The zero-order valence-electron chi connectivity index (χ0n) is 15.9. The van der Waals surface area contributed by atoms with Gasteiger partial charge in [0.05, 0.1) is 23.9 Å². The van der Waals surface area contributed by atoms with Gasteiger partial charge in [-0.3, -0.25) is 0 Å². The highest BCUT2D eigenvalue weighted by atomic mass is 19.1. The van der Waals surface area contributed by atoms with Crippen LogP contribution in [0.1, 0.15) is 27.2 Å². The van der Waals surface area contributed by atoms with Gasteiger partial charge < -0.3 is 24.8 Å². The molecule has 0 saturated carbocycles. The van der Waals surface area contributed by atoms with Crippen LogP contribution in [0.2, 0.25) is 0 Å². The number of halogens is 1. The lowest BCUT2D eigenvalue weighted by Crippen LogP contribution is -2.51. The molecular formula is C19H23FN2O6. The topological polar surface area (TPSA) is 103 Å². The molecule has 1 aliphatic heterocycles. The molecule has 0 unspecified atom stereocenters. The third-order valence-corrected chi connectivity index (χ3v) is 3.96. The highest BCUT2D eigenvalue weighted by molar-refractivity contribution is 5.95. The van der Waals surface area contributed by atoms with Gasteiger partial charge in [0.1, 0.15) is 18.2 Å². The smallest absolute Gasteiger partial charge is 0.347 e. The molecule has 1 aromatic carbocycles. The minimum absolute atomic E-state index is 0.163. The largest absolute Gasteiger partial charge is 0.479 e. The van der Waals surface area contributed by atoms with Crippen molar-refractivity contribution >= 4 is 18.0 Å². The molecule has 28 heavy (non-hydrogen) atoms. The summed E-state index contributed by atoms with van der Waals surface area (Å²) in [6, 6.07) is 4.15. The van der Waals surface area contributed by atoms with Crippen LogP contribution in [-0.2, 0) is 19.1 Å². The van der Waals surface area contributed by atoms with E-state index < -0.39 is 35.9 Å². The number of carbonyl (C=O) groups is 3. The summed E-state index contributed by atoms with van der Waals surface area (Å²) in [4.78, 5) is 36.3. The van der Waals surface area contributed by atoms with Gasteiger partial charge in [-0.25, -0.2) is 18.8 Å². The zero-order chi connectivity index (χ0) is 20.7. The SMILES string of the molecule is CCOC(=O)C1=C(COC(=O)[C@@H](C)Oc2ccc(F)cc2)NC(=O)N[C@H]1CC. The molecule has 2 amide bonds. The van der Waals surface area contributed by atoms with Gasteiger partial charge in [0.25, 0.3) is 0 Å². The van der Waals surface area contributed by atoms with Crippen molar-refractivity contribution in [1.29, 1.82) is 0 Å². The number of benzene rings is 1. The second-order valence-corrected chi connectivity index (χ2v) is 5.99. The molecule has 2 rings (SSSR count). The summed E-state index contributed by atoms with van der Waals surface area (Å²) < 4.78 is 28.6. The van der Waals surface area contributed by atoms with Gasteiger partial charge in [-0.1, -0.05) is 6.92 Å². The lowest BCUT2D eigenvalue weighted by molar-refractivity contribution is -0.150. The van der Waals surface area contributed by atoms with Crippen LogP contribution in [0.3, 0.4) is 0 Å². The summed E-state index contributed by atoms with van der Waals surface area (Å²) in [6.07, 6.45) is -0.514. The third kappa shape index (κ3) is 5.45. The molecule has 0 saturated heterocycles. The molecule has 2 atom stereocenters. The number of ether oxygens (including phenoxy) is 3. The zero-order valence-corrected chi connectivity index (χ0v) is 15.9. The van der Waals surface area contributed by atoms with Gasteiger partial charge in [-0.2, -0.15) is 0 Å². The monoisotopic (exact) mass is 394 g/mol. The van der Waals surface area contributed by atoms with E-state index in [-0.39, 0.29) is 24.5 Å². The van der Waals surface area contributed by atoms with E-state index in [4.69, 9.17) is 14.2 Å². The Bertz CT molecular complexity index is 762. The van der Waals surface area contributed by atoms with Crippen LogP contribution in [0.15, 0.2) is 35.5 Å². The molecule has 1 aliphatic rings. The Balaban J connectivity index is 2.07. The fraction of sp³-hybridized carbons (Fsp3) is 0.421. The van der Waals surface area contributed by atoms with Crippen molar-refractivity contribution < 1.29 is 33.0 Å². The van der Waals surface area contributed by atoms with E-state index in [2.05, 4.69) is 10.6 Å². The standard InChI is InChI=1S/C19H23FN2O6/c1-4-14-16(18(24)26-5-2)15(22-19(25)21-14)10-27-17(23)11(3)28-13-8-6-12(20)7-9-13/h6-9,11,14H,4-5,10H2,1-3H3,(H2,21,22,25)/t11-,14+/m1/s1. The first-order valence-corrected chi connectivity index (χ1v) is 8.92. The molecule has 1 aromatic rings. The molecule has 0 aromatic heterocycles. The molecule has 8 nitrogen and oxygen atoms in total. The van der Waals surface area contributed by atoms with E-state index in [1.807, 2.05) is 0 Å². The maximum absolute atomic E-state index is 12.9. The Labute approximate surface area is 162 Å². The predicted octanol–water partition coefficient (Wildman–Crippen LogP) is 2.04. The van der Waals surface area contributed by atoms with E-state index in [9.17, 15) is 18.8 Å². The summed E-state index contributed by atoms with van der Waals surface area (Å²) >= 11 is 0. The number of nitrogens with one attached hydrogen (secondary N) is 2. The molecule has 0 bridgehead atoms. The maximum atomic E-state index is 12.9. The fourth-order valence-electron chi connectivity index (χ4n) is 2.60. The van der Waals surface area contributed by atoms with E-state index in [0.717, 1.165) is 0 Å². The Hall–Kier alpha value is -3.10. The number of urea groups is 1. The quantitative estimate of drug-likeness (QED) is 0.654. The van der Waals surface area contributed by atoms with Gasteiger partial charge in [0, 0.05) is 0 Å². The van der Waals surface area contributed by atoms with Crippen molar-refractivity contribution in [2.24, 2.45) is 0 Å². The molecule has 1 heterocycles. The van der Waals surface area contributed by atoms with Gasteiger partial charge in [-0.15, -0.1) is 0 Å². The Morgan fingerprint density at radius 1 is 1.18 bits per heavy atom. The second kappa shape index (κ2) is 9.72. The Kier molecular flexibility index (Phi) is 7.36. The molecule has 0 aliphatic carbocycles. The molecule has 0 radical (unpaired) electrons. The van der Waals surface area contributed by atoms with Gasteiger partial charge in [-0.05, 0) is 44.5 Å². The van der Waals surface area contributed by atoms with Crippen molar-refractivity contribution in [3.8, 4) is 5.75 Å². The number of hydrogen-bond donors (Lipinski definition) is 2. The van der Waals surface area contributed by atoms with Crippen molar-refractivity contribution in [1.82, 2.24) is 10.6 Å². The van der Waals surface area contributed by atoms with Crippen molar-refractivity contribution in [3.05, 3.63) is 41.4 Å². The van der Waals surface area contributed by atoms with E-state index >= 15 is 0 Å². The minimum Gasteiger partial charge on any atom is -0.479 e. The number of rotatable bonds is 8. The van der Waals surface area contributed by atoms with Gasteiger partial charge >= 0.3 is 18.0 Å². The number of esters is 2. The summed E-state index contributed by atoms with van der Waals surface area (Å²) in [5.41, 5.74) is 0.375. The molecule has 0 spiro atoms. The van der Waals surface area contributed by atoms with Crippen molar-refractivity contribution in [2.75, 3.05) is 13.2 Å². The van der Waals surface area contributed by atoms with Crippen LogP contribution in [0, 0.1) is 5.82 Å². The Morgan fingerprint density at radius 3 is 2.46 bits per heavy atom. The normalized spacial score (nSPS) is 17.3. The first-order chi connectivity index (χ1) is 13.3. The number of carbonyl (C=O) groups excluding carboxylic acids is 3. The van der Waals surface area contributed by atoms with E-state index in [0.29, 0.717) is 12.2 Å². The van der Waals surface area contributed by atoms with E-state index in [1.165, 1.54) is 31.2 Å². The number of hydrogen-bond acceptors (Lipinski definition) is 6. The fourth-order valence-corrected chi connectivity index (χ4v) is 2.60. The molecule has 152 valence electrons. The maximum Gasteiger partial charge on any atom is 0.347 e. The van der Waals surface area contributed by atoms with Gasteiger partial charge in [0.2, 0.25) is 0 Å². The van der Waals surface area contributed by atoms with Gasteiger partial charge in [0.15, 0.2) is 6.10 Å².